The van der Waals surface area contributed by atoms with Crippen molar-refractivity contribution in [3.05, 3.63) is 71.8 Å². The van der Waals surface area contributed by atoms with Gasteiger partial charge in [0.15, 0.2) is 0 Å². The van der Waals surface area contributed by atoms with Crippen LogP contribution in [0, 0.1) is 0 Å². The minimum absolute atomic E-state index is 0.0706. The summed E-state index contributed by atoms with van der Waals surface area (Å²) in [4.78, 5) is 25.7. The van der Waals surface area contributed by atoms with Gasteiger partial charge in [0.2, 0.25) is 5.91 Å². The SMILES string of the molecule is O=C(CCN1CCCC1C(=O)O)NC(c1ccccc1)c1ccccc1. The molecular formula is C21H24N2O3. The Hall–Kier alpha value is -2.66. The van der Waals surface area contributed by atoms with Crippen LogP contribution in [0.15, 0.2) is 60.7 Å². The van der Waals surface area contributed by atoms with Crippen molar-refractivity contribution in [2.75, 3.05) is 13.1 Å². The molecule has 1 aliphatic heterocycles. The number of nitrogens with zero attached hydrogens (tertiary/aromatic N) is 1. The van der Waals surface area contributed by atoms with Gasteiger partial charge in [-0.15, -0.1) is 0 Å². The average Bonchev–Trinajstić information content (AvgIpc) is 3.15. The molecule has 0 saturated carbocycles. The molecule has 3 rings (SSSR count). The summed E-state index contributed by atoms with van der Waals surface area (Å²) in [5.74, 6) is -0.867. The van der Waals surface area contributed by atoms with Crippen LogP contribution in [0.25, 0.3) is 0 Å². The highest BCUT2D eigenvalue weighted by atomic mass is 16.4. The summed E-state index contributed by atoms with van der Waals surface area (Å²) in [5, 5.41) is 12.4. The van der Waals surface area contributed by atoms with E-state index in [1.807, 2.05) is 65.6 Å². The first-order chi connectivity index (χ1) is 12.6. The van der Waals surface area contributed by atoms with Crippen molar-refractivity contribution >= 4 is 11.9 Å². The number of amides is 1. The fourth-order valence-corrected chi connectivity index (χ4v) is 3.50. The predicted molar refractivity (Wildman–Crippen MR) is 99.7 cm³/mol. The summed E-state index contributed by atoms with van der Waals surface area (Å²) in [6.07, 6.45) is 1.82. The Bertz CT molecular complexity index is 694. The lowest BCUT2D eigenvalue weighted by Gasteiger charge is -2.23. The van der Waals surface area contributed by atoms with Gasteiger partial charge in [0.1, 0.15) is 6.04 Å². The van der Waals surface area contributed by atoms with Crippen molar-refractivity contribution < 1.29 is 14.7 Å². The van der Waals surface area contributed by atoms with Gasteiger partial charge in [-0.1, -0.05) is 60.7 Å². The molecule has 0 aliphatic carbocycles. The second-order valence-electron chi connectivity index (χ2n) is 6.60. The number of nitrogens with one attached hydrogen (secondary N) is 1. The fraction of sp³-hybridized carbons (Fsp3) is 0.333. The maximum Gasteiger partial charge on any atom is 0.320 e. The maximum atomic E-state index is 12.5. The van der Waals surface area contributed by atoms with E-state index < -0.39 is 12.0 Å². The lowest BCUT2D eigenvalue weighted by Crippen LogP contribution is -2.39. The number of likely N-dealkylation sites (tertiary alicyclic amines) is 1. The van der Waals surface area contributed by atoms with Crippen LogP contribution in [-0.2, 0) is 9.59 Å². The first-order valence-electron chi connectivity index (χ1n) is 9.01. The van der Waals surface area contributed by atoms with Gasteiger partial charge in [-0.2, -0.15) is 0 Å². The normalized spacial score (nSPS) is 17.3. The molecule has 0 bridgehead atoms. The zero-order valence-electron chi connectivity index (χ0n) is 14.7. The Balaban J connectivity index is 1.65. The highest BCUT2D eigenvalue weighted by Gasteiger charge is 2.30. The summed E-state index contributed by atoms with van der Waals surface area (Å²) >= 11 is 0. The van der Waals surface area contributed by atoms with Gasteiger partial charge in [0.05, 0.1) is 6.04 Å². The molecule has 1 heterocycles. The molecule has 136 valence electrons. The van der Waals surface area contributed by atoms with Crippen LogP contribution in [0.1, 0.15) is 36.4 Å². The number of carbonyl (C=O) groups is 2. The molecule has 0 aromatic heterocycles. The Morgan fingerprint density at radius 1 is 1.04 bits per heavy atom. The molecule has 2 N–H and O–H groups in total. The van der Waals surface area contributed by atoms with Gasteiger partial charge in [-0.05, 0) is 30.5 Å². The van der Waals surface area contributed by atoms with Crippen LogP contribution >= 0.6 is 0 Å². The van der Waals surface area contributed by atoms with Crippen LogP contribution in [0.3, 0.4) is 0 Å². The third-order valence-electron chi connectivity index (χ3n) is 4.85. The number of rotatable bonds is 7. The summed E-state index contributed by atoms with van der Waals surface area (Å²) in [6, 6.07) is 19.1. The smallest absolute Gasteiger partial charge is 0.320 e. The number of hydrogen-bond donors (Lipinski definition) is 2. The van der Waals surface area contributed by atoms with Crippen molar-refractivity contribution in [3.8, 4) is 0 Å². The number of carboxylic acids is 1. The average molecular weight is 352 g/mol. The zero-order chi connectivity index (χ0) is 18.4. The number of carboxylic acid groups (broad SMARTS) is 1. The standard InChI is InChI=1S/C21H24N2O3/c24-19(13-15-23-14-7-12-18(23)21(25)26)22-20(16-8-3-1-4-9-16)17-10-5-2-6-11-17/h1-6,8-11,18,20H,7,12-15H2,(H,22,24)(H,25,26). The monoisotopic (exact) mass is 352 g/mol. The highest BCUT2D eigenvalue weighted by Crippen LogP contribution is 2.22. The molecule has 5 heteroatoms. The number of hydrogen-bond acceptors (Lipinski definition) is 3. The van der Waals surface area contributed by atoms with E-state index in [1.165, 1.54) is 0 Å². The van der Waals surface area contributed by atoms with E-state index in [9.17, 15) is 14.7 Å². The lowest BCUT2D eigenvalue weighted by atomic mass is 9.98. The fourth-order valence-electron chi connectivity index (χ4n) is 3.50. The predicted octanol–water partition coefficient (Wildman–Crippen LogP) is 2.83. The van der Waals surface area contributed by atoms with Crippen molar-refractivity contribution in [1.29, 1.82) is 0 Å². The van der Waals surface area contributed by atoms with Crippen molar-refractivity contribution in [3.63, 3.8) is 0 Å². The van der Waals surface area contributed by atoms with E-state index in [0.717, 1.165) is 24.1 Å². The Morgan fingerprint density at radius 3 is 2.15 bits per heavy atom. The summed E-state index contributed by atoms with van der Waals surface area (Å²) < 4.78 is 0. The molecule has 2 aromatic carbocycles. The van der Waals surface area contributed by atoms with Crippen molar-refractivity contribution in [2.45, 2.75) is 31.3 Å². The maximum absolute atomic E-state index is 12.5. The summed E-state index contributed by atoms with van der Waals surface area (Å²) in [6.45, 7) is 1.21. The topological polar surface area (TPSA) is 69.6 Å². The molecule has 2 aromatic rings. The lowest BCUT2D eigenvalue weighted by molar-refractivity contribution is -0.142. The molecule has 0 radical (unpaired) electrons. The molecule has 1 atom stereocenters. The van der Waals surface area contributed by atoms with Crippen molar-refractivity contribution in [1.82, 2.24) is 10.2 Å². The van der Waals surface area contributed by atoms with E-state index in [2.05, 4.69) is 5.32 Å². The summed E-state index contributed by atoms with van der Waals surface area (Å²) in [5.41, 5.74) is 2.05. The highest BCUT2D eigenvalue weighted by molar-refractivity contribution is 5.77. The third-order valence-corrected chi connectivity index (χ3v) is 4.85. The summed E-state index contributed by atoms with van der Waals surface area (Å²) in [7, 11) is 0. The van der Waals surface area contributed by atoms with Gasteiger partial charge in [-0.25, -0.2) is 0 Å². The number of carbonyl (C=O) groups excluding carboxylic acids is 1. The van der Waals surface area contributed by atoms with E-state index >= 15 is 0 Å². The van der Waals surface area contributed by atoms with Crippen LogP contribution in [0.4, 0.5) is 0 Å². The van der Waals surface area contributed by atoms with Gasteiger partial charge >= 0.3 is 5.97 Å². The van der Waals surface area contributed by atoms with Gasteiger partial charge in [0, 0.05) is 13.0 Å². The van der Waals surface area contributed by atoms with Crippen LogP contribution in [0.5, 0.6) is 0 Å². The molecule has 5 nitrogen and oxygen atoms in total. The van der Waals surface area contributed by atoms with Crippen LogP contribution < -0.4 is 5.32 Å². The quantitative estimate of drug-likeness (QED) is 0.804. The largest absolute Gasteiger partial charge is 0.480 e. The Kier molecular flexibility index (Phi) is 6.02. The van der Waals surface area contributed by atoms with Crippen LogP contribution in [0.2, 0.25) is 0 Å². The van der Waals surface area contributed by atoms with E-state index in [1.54, 1.807) is 0 Å². The van der Waals surface area contributed by atoms with Crippen LogP contribution in [-0.4, -0.2) is 41.0 Å². The minimum atomic E-state index is -0.797. The zero-order valence-corrected chi connectivity index (χ0v) is 14.7. The van der Waals surface area contributed by atoms with Gasteiger partial charge in [-0.3, -0.25) is 14.5 Å². The van der Waals surface area contributed by atoms with Crippen molar-refractivity contribution in [2.24, 2.45) is 0 Å². The van der Waals surface area contributed by atoms with E-state index in [4.69, 9.17) is 0 Å². The third kappa shape index (κ3) is 4.49. The molecule has 1 unspecified atom stereocenters. The van der Waals surface area contributed by atoms with E-state index in [0.29, 0.717) is 19.4 Å². The molecule has 1 saturated heterocycles. The minimum Gasteiger partial charge on any atom is -0.480 e. The molecule has 0 spiro atoms. The van der Waals surface area contributed by atoms with Gasteiger partial charge in [0.25, 0.3) is 0 Å². The Labute approximate surface area is 153 Å². The first kappa shape index (κ1) is 18.1. The Morgan fingerprint density at radius 2 is 1.62 bits per heavy atom. The molecule has 1 aliphatic rings. The van der Waals surface area contributed by atoms with Gasteiger partial charge < -0.3 is 10.4 Å². The number of aliphatic carboxylic acids is 1. The molecule has 1 fully saturated rings. The van der Waals surface area contributed by atoms with E-state index in [-0.39, 0.29) is 11.9 Å². The molecule has 1 amide bonds. The molecular weight excluding hydrogens is 328 g/mol. The second-order valence-corrected chi connectivity index (χ2v) is 6.60. The second kappa shape index (κ2) is 8.63. The first-order valence-corrected chi connectivity index (χ1v) is 9.01. The molecule has 26 heavy (non-hydrogen) atoms. The number of benzene rings is 2.